The molecule has 6 nitrogen and oxygen atoms in total. The number of benzene rings is 2. The van der Waals surface area contributed by atoms with Gasteiger partial charge in [0.25, 0.3) is 10.0 Å². The molecule has 7 heteroatoms. The number of nitrogens with two attached hydrogens (primary N) is 1. The highest BCUT2D eigenvalue weighted by atomic mass is 32.2. The Bertz CT molecular complexity index is 1420. The van der Waals surface area contributed by atoms with E-state index in [1.807, 2.05) is 6.92 Å². The molecule has 0 radical (unpaired) electrons. The summed E-state index contributed by atoms with van der Waals surface area (Å²) in [5, 5.41) is 0.668. The summed E-state index contributed by atoms with van der Waals surface area (Å²) in [4.78, 5) is 15.6. The van der Waals surface area contributed by atoms with Crippen molar-refractivity contribution in [3.63, 3.8) is 0 Å². The number of aryl methyl sites for hydroxylation is 1. The number of carbonyl (C=O) groups is 1. The Morgan fingerprint density at radius 1 is 1.00 bits per heavy atom. The first kappa shape index (κ1) is 19.4. The van der Waals surface area contributed by atoms with Crippen molar-refractivity contribution in [2.24, 2.45) is 5.73 Å². The molecule has 0 aliphatic rings. The maximum Gasteiger partial charge on any atom is 0.270 e. The number of pyridine rings is 1. The lowest BCUT2D eigenvalue weighted by Gasteiger charge is -2.09. The van der Waals surface area contributed by atoms with Crippen LogP contribution in [0.25, 0.3) is 11.0 Å². The normalized spacial score (nSPS) is 11.1. The van der Waals surface area contributed by atoms with E-state index in [4.69, 9.17) is 5.73 Å². The summed E-state index contributed by atoms with van der Waals surface area (Å²) in [6, 6.07) is 18.3. The molecule has 0 unspecified atom stereocenters. The van der Waals surface area contributed by atoms with E-state index in [-0.39, 0.29) is 4.90 Å². The van der Waals surface area contributed by atoms with Crippen LogP contribution in [0.1, 0.15) is 27.2 Å². The van der Waals surface area contributed by atoms with Gasteiger partial charge in [-0.15, -0.1) is 0 Å². The van der Waals surface area contributed by atoms with E-state index in [0.29, 0.717) is 27.9 Å². The first-order chi connectivity index (χ1) is 14.4. The molecule has 2 aromatic heterocycles. The molecular weight excluding hydrogens is 398 g/mol. The molecule has 30 heavy (non-hydrogen) atoms. The molecule has 4 rings (SSSR count). The highest BCUT2D eigenvalue weighted by Gasteiger charge is 2.23. The van der Waals surface area contributed by atoms with Crippen molar-refractivity contribution in [2.45, 2.75) is 11.8 Å². The fraction of sp³-hybridized carbons (Fsp3) is 0.0435. The van der Waals surface area contributed by atoms with Crippen molar-refractivity contribution in [1.29, 1.82) is 0 Å². The number of hydrogen-bond acceptors (Lipinski definition) is 4. The van der Waals surface area contributed by atoms with E-state index in [1.54, 1.807) is 72.9 Å². The number of aromatic nitrogens is 2. The van der Waals surface area contributed by atoms with Crippen molar-refractivity contribution in [3.05, 3.63) is 95.3 Å². The molecule has 0 atom stereocenters. The van der Waals surface area contributed by atoms with Crippen LogP contribution in [0.2, 0.25) is 0 Å². The lowest BCUT2D eigenvalue weighted by Crippen LogP contribution is -2.15. The lowest BCUT2D eigenvalue weighted by atomic mass is 10.1. The fourth-order valence-electron chi connectivity index (χ4n) is 3.01. The van der Waals surface area contributed by atoms with Gasteiger partial charge in [0.15, 0.2) is 5.65 Å². The van der Waals surface area contributed by atoms with Gasteiger partial charge >= 0.3 is 0 Å². The van der Waals surface area contributed by atoms with Crippen molar-refractivity contribution < 1.29 is 13.2 Å². The van der Waals surface area contributed by atoms with Gasteiger partial charge in [-0.3, -0.25) is 4.79 Å². The van der Waals surface area contributed by atoms with Crippen LogP contribution in [-0.2, 0) is 10.0 Å². The molecule has 2 aromatic carbocycles. The SMILES string of the molecule is Cc1ccc(S(=O)(=O)n2c(C#Cc3ccc(C(N)=O)cc3)cc3cccnc32)cc1. The Hall–Kier alpha value is -3.89. The van der Waals surface area contributed by atoms with Crippen LogP contribution in [0.5, 0.6) is 0 Å². The predicted octanol–water partition coefficient (Wildman–Crippen LogP) is 3.08. The quantitative estimate of drug-likeness (QED) is 0.520. The van der Waals surface area contributed by atoms with Crippen LogP contribution in [0.3, 0.4) is 0 Å². The molecule has 0 aliphatic heterocycles. The van der Waals surface area contributed by atoms with Gasteiger partial charge in [0.2, 0.25) is 5.91 Å². The van der Waals surface area contributed by atoms with E-state index in [9.17, 15) is 13.2 Å². The zero-order valence-electron chi connectivity index (χ0n) is 16.0. The van der Waals surface area contributed by atoms with Crippen LogP contribution in [-0.4, -0.2) is 23.3 Å². The number of rotatable bonds is 3. The van der Waals surface area contributed by atoms with Gasteiger partial charge in [-0.2, -0.15) is 0 Å². The van der Waals surface area contributed by atoms with Gasteiger partial charge in [0.1, 0.15) is 5.69 Å². The Labute approximate surface area is 174 Å². The first-order valence-electron chi connectivity index (χ1n) is 9.07. The number of carbonyl (C=O) groups excluding carboxylic acids is 1. The molecule has 0 fully saturated rings. The molecule has 0 saturated heterocycles. The second-order valence-electron chi connectivity index (χ2n) is 6.72. The average Bonchev–Trinajstić information content (AvgIpc) is 3.12. The van der Waals surface area contributed by atoms with Crippen LogP contribution in [0.15, 0.2) is 77.8 Å². The van der Waals surface area contributed by atoms with Crippen molar-refractivity contribution in [1.82, 2.24) is 8.96 Å². The molecule has 0 spiro atoms. The summed E-state index contributed by atoms with van der Waals surface area (Å²) < 4.78 is 27.9. The van der Waals surface area contributed by atoms with Crippen molar-refractivity contribution in [2.75, 3.05) is 0 Å². The number of amides is 1. The Balaban J connectivity index is 1.86. The molecule has 0 bridgehead atoms. The molecule has 0 saturated carbocycles. The number of hydrogen-bond donors (Lipinski definition) is 1. The maximum absolute atomic E-state index is 13.4. The number of nitrogens with zero attached hydrogens (tertiary/aromatic N) is 2. The highest BCUT2D eigenvalue weighted by Crippen LogP contribution is 2.24. The fourth-order valence-corrected chi connectivity index (χ4v) is 4.44. The van der Waals surface area contributed by atoms with Crippen molar-refractivity contribution in [3.8, 4) is 11.8 Å². The van der Waals surface area contributed by atoms with Gasteiger partial charge in [-0.25, -0.2) is 17.4 Å². The minimum atomic E-state index is -3.90. The Kier molecular flexibility index (Phi) is 4.86. The second-order valence-corrected chi connectivity index (χ2v) is 8.51. The Morgan fingerprint density at radius 2 is 1.70 bits per heavy atom. The third-order valence-electron chi connectivity index (χ3n) is 4.58. The van der Waals surface area contributed by atoms with Gasteiger partial charge in [0, 0.05) is 22.7 Å². The first-order valence-corrected chi connectivity index (χ1v) is 10.5. The topological polar surface area (TPSA) is 95.0 Å². The number of fused-ring (bicyclic) bond motifs is 1. The molecule has 4 aromatic rings. The molecule has 2 heterocycles. The monoisotopic (exact) mass is 415 g/mol. The molecule has 2 N–H and O–H groups in total. The molecule has 1 amide bonds. The highest BCUT2D eigenvalue weighted by molar-refractivity contribution is 7.90. The average molecular weight is 415 g/mol. The van der Waals surface area contributed by atoms with E-state index < -0.39 is 15.9 Å². The zero-order chi connectivity index (χ0) is 21.3. The van der Waals surface area contributed by atoms with Gasteiger partial charge in [0.05, 0.1) is 4.90 Å². The second kappa shape index (κ2) is 7.50. The minimum absolute atomic E-state index is 0.158. The summed E-state index contributed by atoms with van der Waals surface area (Å²) in [5.74, 6) is 5.36. The lowest BCUT2D eigenvalue weighted by molar-refractivity contribution is 0.100. The van der Waals surface area contributed by atoms with E-state index in [1.165, 1.54) is 0 Å². The summed E-state index contributed by atoms with van der Waals surface area (Å²) in [6.07, 6.45) is 1.54. The summed E-state index contributed by atoms with van der Waals surface area (Å²) in [5.41, 5.74) is 7.82. The van der Waals surface area contributed by atoms with E-state index in [2.05, 4.69) is 16.8 Å². The zero-order valence-corrected chi connectivity index (χ0v) is 16.8. The van der Waals surface area contributed by atoms with Gasteiger partial charge < -0.3 is 5.73 Å². The maximum atomic E-state index is 13.4. The summed E-state index contributed by atoms with van der Waals surface area (Å²) in [6.45, 7) is 1.89. The Morgan fingerprint density at radius 3 is 2.37 bits per heavy atom. The summed E-state index contributed by atoms with van der Waals surface area (Å²) in [7, 11) is -3.90. The van der Waals surface area contributed by atoms with Crippen LogP contribution in [0.4, 0.5) is 0 Å². The molecule has 0 aliphatic carbocycles. The van der Waals surface area contributed by atoms with Gasteiger partial charge in [-0.1, -0.05) is 23.6 Å². The van der Waals surface area contributed by atoms with Gasteiger partial charge in [-0.05, 0) is 67.4 Å². The predicted molar refractivity (Wildman–Crippen MR) is 114 cm³/mol. The van der Waals surface area contributed by atoms with Crippen LogP contribution in [0, 0.1) is 18.8 Å². The number of primary amides is 1. The van der Waals surface area contributed by atoms with Crippen LogP contribution < -0.4 is 5.73 Å². The largest absolute Gasteiger partial charge is 0.366 e. The smallest absolute Gasteiger partial charge is 0.270 e. The van der Waals surface area contributed by atoms with E-state index in [0.717, 1.165) is 9.54 Å². The van der Waals surface area contributed by atoms with Crippen LogP contribution >= 0.6 is 0 Å². The molecular formula is C23H17N3O3S. The van der Waals surface area contributed by atoms with Crippen molar-refractivity contribution >= 4 is 27.0 Å². The summed E-state index contributed by atoms with van der Waals surface area (Å²) >= 11 is 0. The third-order valence-corrected chi connectivity index (χ3v) is 6.30. The van der Waals surface area contributed by atoms with E-state index >= 15 is 0 Å². The molecule has 148 valence electrons. The third kappa shape index (κ3) is 3.56. The standard InChI is InChI=1S/C23H17N3O3S/c1-16-4-12-21(13-5-16)30(28,29)26-20(15-19-3-2-14-25-23(19)26)11-8-17-6-9-18(10-7-17)22(24)27/h2-7,9-10,12-15H,1H3,(H2,24,27). The minimum Gasteiger partial charge on any atom is -0.366 e.